The van der Waals surface area contributed by atoms with Crippen molar-refractivity contribution >= 4 is 24.2 Å². The van der Waals surface area contributed by atoms with Crippen molar-refractivity contribution in [1.82, 2.24) is 4.90 Å². The molecular formula is C7H12ClN3O. The Balaban J connectivity index is 2.95. The van der Waals surface area contributed by atoms with Crippen LogP contribution in [0.2, 0.25) is 0 Å². The minimum absolute atomic E-state index is 0.387. The number of nitrogens with zero attached hydrogens (tertiary/aromatic N) is 2. The zero-order valence-electron chi connectivity index (χ0n) is 7.07. The van der Waals surface area contributed by atoms with E-state index in [1.807, 2.05) is 0 Å². The monoisotopic (exact) mass is 189 g/mol. The average Bonchev–Trinajstić information content (AvgIpc) is 1.99. The highest BCUT2D eigenvalue weighted by Crippen LogP contribution is 2.30. The lowest BCUT2D eigenvalue weighted by Gasteiger charge is -2.37. The Kier molecular flexibility index (Phi) is 2.39. The number of carbonyl (C=O) groups excluding carboxylic acids is 1. The molecule has 68 valence electrons. The van der Waals surface area contributed by atoms with Crippen LogP contribution in [-0.4, -0.2) is 35.7 Å². The zero-order valence-corrected chi connectivity index (χ0v) is 7.82. The van der Waals surface area contributed by atoms with Crippen molar-refractivity contribution in [3.05, 3.63) is 0 Å². The second kappa shape index (κ2) is 3.03. The third-order valence-corrected chi connectivity index (χ3v) is 2.44. The number of aldehydes is 1. The van der Waals surface area contributed by atoms with Gasteiger partial charge < -0.3 is 15.4 Å². The lowest BCUT2D eigenvalue weighted by Crippen LogP contribution is -2.54. The Morgan fingerprint density at radius 1 is 1.83 bits per heavy atom. The molecule has 0 aromatic heterocycles. The van der Waals surface area contributed by atoms with Crippen molar-refractivity contribution in [3.63, 3.8) is 0 Å². The van der Waals surface area contributed by atoms with Crippen LogP contribution in [0, 0.1) is 5.92 Å². The molecule has 0 aromatic rings. The number of nitrogens with two attached hydrogens (primary N) is 1. The summed E-state index contributed by atoms with van der Waals surface area (Å²) in [6, 6.07) is 0. The summed E-state index contributed by atoms with van der Waals surface area (Å²) in [5, 5.41) is 0. The van der Waals surface area contributed by atoms with E-state index in [4.69, 9.17) is 17.3 Å². The summed E-state index contributed by atoms with van der Waals surface area (Å²) < 4.78 is 0. The molecule has 3 unspecified atom stereocenters. The topological polar surface area (TPSA) is 58.7 Å². The lowest BCUT2D eigenvalue weighted by molar-refractivity contribution is -0.113. The molecule has 1 aliphatic rings. The number of hydrogen-bond acceptors (Lipinski definition) is 4. The summed E-state index contributed by atoms with van der Waals surface area (Å²) in [6.45, 7) is 1.68. The normalized spacial score (nSPS) is 41.5. The van der Waals surface area contributed by atoms with Crippen molar-refractivity contribution < 1.29 is 4.79 Å². The van der Waals surface area contributed by atoms with Gasteiger partial charge in [-0.15, -0.1) is 0 Å². The van der Waals surface area contributed by atoms with E-state index in [9.17, 15) is 4.79 Å². The van der Waals surface area contributed by atoms with Gasteiger partial charge in [0, 0.05) is 7.05 Å². The molecule has 0 saturated heterocycles. The third-order valence-electron chi connectivity index (χ3n) is 2.09. The minimum atomic E-state index is -0.895. The maximum Gasteiger partial charge on any atom is 0.145 e. The summed E-state index contributed by atoms with van der Waals surface area (Å²) in [5.41, 5.74) is 5.73. The quantitative estimate of drug-likeness (QED) is 0.359. The van der Waals surface area contributed by atoms with E-state index in [1.54, 1.807) is 25.2 Å². The van der Waals surface area contributed by atoms with E-state index in [0.29, 0.717) is 0 Å². The van der Waals surface area contributed by atoms with Crippen molar-refractivity contribution in [3.8, 4) is 0 Å². The van der Waals surface area contributed by atoms with E-state index in [1.165, 1.54) is 0 Å². The fourth-order valence-electron chi connectivity index (χ4n) is 1.14. The summed E-state index contributed by atoms with van der Waals surface area (Å²) in [6.07, 6.45) is 1.92. The van der Waals surface area contributed by atoms with Gasteiger partial charge in [-0.05, 0) is 6.92 Å². The van der Waals surface area contributed by atoms with Gasteiger partial charge in [-0.2, -0.15) is 0 Å². The molecule has 1 aliphatic heterocycles. The van der Waals surface area contributed by atoms with Crippen LogP contribution in [0.3, 0.4) is 0 Å². The van der Waals surface area contributed by atoms with E-state index >= 15 is 0 Å². The molecule has 1 heterocycles. The van der Waals surface area contributed by atoms with Gasteiger partial charge in [-0.1, -0.05) is 11.6 Å². The van der Waals surface area contributed by atoms with E-state index < -0.39 is 10.9 Å². The molecule has 5 heteroatoms. The number of rotatable bonds is 1. The van der Waals surface area contributed by atoms with Crippen LogP contribution in [0.15, 0.2) is 4.99 Å². The summed E-state index contributed by atoms with van der Waals surface area (Å²) in [4.78, 5) is 15.4. The first-order chi connectivity index (χ1) is 5.49. The standard InChI is InChI=1S/C7H12ClN3O/c1-7(8)5(3-12)6(9)11(2)4-10-7/h3-6H,9H2,1-2H3. The van der Waals surface area contributed by atoms with Gasteiger partial charge in [0.05, 0.1) is 18.4 Å². The van der Waals surface area contributed by atoms with Crippen LogP contribution in [0.5, 0.6) is 0 Å². The average molecular weight is 190 g/mol. The van der Waals surface area contributed by atoms with E-state index in [-0.39, 0.29) is 6.17 Å². The second-order valence-electron chi connectivity index (χ2n) is 3.09. The largest absolute Gasteiger partial charge is 0.350 e. The van der Waals surface area contributed by atoms with Gasteiger partial charge in [0.15, 0.2) is 0 Å². The molecule has 3 atom stereocenters. The molecule has 12 heavy (non-hydrogen) atoms. The maximum atomic E-state index is 10.7. The molecular weight excluding hydrogens is 178 g/mol. The molecule has 0 saturated carbocycles. The first kappa shape index (κ1) is 9.48. The van der Waals surface area contributed by atoms with Crippen molar-refractivity contribution in [2.75, 3.05) is 7.05 Å². The van der Waals surface area contributed by atoms with Gasteiger partial charge in [0.2, 0.25) is 0 Å². The molecule has 2 N–H and O–H groups in total. The number of aliphatic imine (C=N–C) groups is 1. The van der Waals surface area contributed by atoms with Gasteiger partial charge in [0.1, 0.15) is 11.3 Å². The fraction of sp³-hybridized carbons (Fsp3) is 0.714. The fourth-order valence-corrected chi connectivity index (χ4v) is 1.36. The zero-order chi connectivity index (χ0) is 9.35. The molecule has 0 radical (unpaired) electrons. The van der Waals surface area contributed by atoms with Crippen LogP contribution >= 0.6 is 11.6 Å². The molecule has 0 aliphatic carbocycles. The van der Waals surface area contributed by atoms with Crippen molar-refractivity contribution in [2.45, 2.75) is 18.1 Å². The van der Waals surface area contributed by atoms with E-state index in [2.05, 4.69) is 4.99 Å². The number of halogens is 1. The molecule has 0 fully saturated rings. The smallest absolute Gasteiger partial charge is 0.145 e. The van der Waals surface area contributed by atoms with Crippen LogP contribution in [-0.2, 0) is 4.79 Å². The van der Waals surface area contributed by atoms with Gasteiger partial charge >= 0.3 is 0 Å². The van der Waals surface area contributed by atoms with Crippen LogP contribution in [0.25, 0.3) is 0 Å². The number of hydrogen-bond donors (Lipinski definition) is 1. The minimum Gasteiger partial charge on any atom is -0.350 e. The Morgan fingerprint density at radius 2 is 2.42 bits per heavy atom. The Bertz CT molecular complexity index is 217. The Labute approximate surface area is 76.4 Å². The van der Waals surface area contributed by atoms with Gasteiger partial charge in [0.25, 0.3) is 0 Å². The SMILES string of the molecule is CN1C=NC(C)(Cl)C(C=O)C1N. The summed E-state index contributed by atoms with van der Waals surface area (Å²) >= 11 is 5.96. The highest BCUT2D eigenvalue weighted by Gasteiger charge is 2.40. The number of alkyl halides is 1. The molecule has 0 amide bonds. The lowest BCUT2D eigenvalue weighted by atomic mass is 9.97. The van der Waals surface area contributed by atoms with Gasteiger partial charge in [-0.3, -0.25) is 4.99 Å². The predicted octanol–water partition coefficient (Wildman–Crippen LogP) is 0.0150. The highest BCUT2D eigenvalue weighted by atomic mass is 35.5. The van der Waals surface area contributed by atoms with Crippen LogP contribution in [0.1, 0.15) is 6.92 Å². The number of carbonyl (C=O) groups is 1. The van der Waals surface area contributed by atoms with Crippen LogP contribution in [0.4, 0.5) is 0 Å². The first-order valence-electron chi connectivity index (χ1n) is 3.66. The molecule has 0 spiro atoms. The predicted molar refractivity (Wildman–Crippen MR) is 48.0 cm³/mol. The van der Waals surface area contributed by atoms with E-state index in [0.717, 1.165) is 6.29 Å². The Morgan fingerprint density at radius 3 is 2.83 bits per heavy atom. The Hall–Kier alpha value is -0.610. The highest BCUT2D eigenvalue weighted by molar-refractivity contribution is 6.25. The second-order valence-corrected chi connectivity index (χ2v) is 3.85. The van der Waals surface area contributed by atoms with Gasteiger partial charge in [-0.25, -0.2) is 0 Å². The van der Waals surface area contributed by atoms with Crippen molar-refractivity contribution in [1.29, 1.82) is 0 Å². The molecule has 0 bridgehead atoms. The summed E-state index contributed by atoms with van der Waals surface area (Å²) in [5.74, 6) is -0.464. The molecule has 1 rings (SSSR count). The summed E-state index contributed by atoms with van der Waals surface area (Å²) in [7, 11) is 1.76. The third kappa shape index (κ3) is 1.44. The molecule has 0 aromatic carbocycles. The van der Waals surface area contributed by atoms with Crippen molar-refractivity contribution in [2.24, 2.45) is 16.6 Å². The first-order valence-corrected chi connectivity index (χ1v) is 4.04. The molecule has 4 nitrogen and oxygen atoms in total. The maximum absolute atomic E-state index is 10.7. The van der Waals surface area contributed by atoms with Crippen LogP contribution < -0.4 is 5.73 Å².